The van der Waals surface area contributed by atoms with Crippen molar-refractivity contribution in [1.82, 2.24) is 0 Å². The highest BCUT2D eigenvalue weighted by molar-refractivity contribution is 6.00. The predicted molar refractivity (Wildman–Crippen MR) is 83.2 cm³/mol. The SMILES string of the molecule is CCC(C)c1ccc(-c2ccc3c(c2)CCC3=O)cc1. The summed E-state index contributed by atoms with van der Waals surface area (Å²) in [5.74, 6) is 0.903. The lowest BCUT2D eigenvalue weighted by molar-refractivity contribution is 0.0994. The van der Waals surface area contributed by atoms with E-state index in [0.29, 0.717) is 18.1 Å². The lowest BCUT2D eigenvalue weighted by Crippen LogP contribution is -1.92. The molecular weight excluding hydrogens is 244 g/mol. The number of hydrogen-bond acceptors (Lipinski definition) is 1. The number of benzene rings is 2. The van der Waals surface area contributed by atoms with Gasteiger partial charge in [0.25, 0.3) is 0 Å². The molecule has 0 saturated carbocycles. The highest BCUT2D eigenvalue weighted by Gasteiger charge is 2.19. The fourth-order valence-electron chi connectivity index (χ4n) is 2.87. The number of carbonyl (C=O) groups excluding carboxylic acids is 1. The van der Waals surface area contributed by atoms with Crippen molar-refractivity contribution in [3.05, 3.63) is 59.2 Å². The molecule has 20 heavy (non-hydrogen) atoms. The van der Waals surface area contributed by atoms with Crippen LogP contribution in [-0.4, -0.2) is 5.78 Å². The second kappa shape index (κ2) is 5.24. The Hall–Kier alpha value is -1.89. The Bertz CT molecular complexity index is 637. The van der Waals surface area contributed by atoms with Crippen LogP contribution in [0.15, 0.2) is 42.5 Å². The van der Waals surface area contributed by atoms with E-state index < -0.39 is 0 Å². The van der Waals surface area contributed by atoms with Crippen molar-refractivity contribution in [1.29, 1.82) is 0 Å². The minimum Gasteiger partial charge on any atom is -0.294 e. The number of rotatable bonds is 3. The van der Waals surface area contributed by atoms with E-state index in [9.17, 15) is 4.79 Å². The molecule has 0 amide bonds. The fourth-order valence-corrected chi connectivity index (χ4v) is 2.87. The summed E-state index contributed by atoms with van der Waals surface area (Å²) in [5.41, 5.74) is 5.98. The van der Waals surface area contributed by atoms with E-state index in [2.05, 4.69) is 50.2 Å². The monoisotopic (exact) mass is 264 g/mol. The third-order valence-electron chi connectivity index (χ3n) is 4.45. The highest BCUT2D eigenvalue weighted by Crippen LogP contribution is 2.29. The molecule has 1 atom stereocenters. The third kappa shape index (κ3) is 2.29. The van der Waals surface area contributed by atoms with Gasteiger partial charge in [-0.25, -0.2) is 0 Å². The van der Waals surface area contributed by atoms with Crippen LogP contribution < -0.4 is 0 Å². The Morgan fingerprint density at radius 3 is 2.40 bits per heavy atom. The van der Waals surface area contributed by atoms with Crippen LogP contribution in [0.4, 0.5) is 0 Å². The quantitative estimate of drug-likeness (QED) is 0.762. The van der Waals surface area contributed by atoms with Crippen LogP contribution in [0.2, 0.25) is 0 Å². The summed E-state index contributed by atoms with van der Waals surface area (Å²) >= 11 is 0. The van der Waals surface area contributed by atoms with Gasteiger partial charge in [-0.1, -0.05) is 56.3 Å². The van der Waals surface area contributed by atoms with Crippen LogP contribution in [0.1, 0.15) is 54.1 Å². The summed E-state index contributed by atoms with van der Waals surface area (Å²) in [6.45, 7) is 4.48. The van der Waals surface area contributed by atoms with Crippen LogP contribution in [0.3, 0.4) is 0 Å². The molecule has 1 aliphatic rings. The number of Topliss-reactive ketones (excluding diaryl/α,β-unsaturated/α-hetero) is 1. The van der Waals surface area contributed by atoms with Crippen molar-refractivity contribution in [2.24, 2.45) is 0 Å². The van der Waals surface area contributed by atoms with E-state index in [0.717, 1.165) is 12.0 Å². The molecule has 0 bridgehead atoms. The minimum absolute atomic E-state index is 0.290. The molecule has 0 aromatic heterocycles. The first kappa shape index (κ1) is 13.1. The molecule has 1 unspecified atom stereocenters. The molecule has 102 valence electrons. The summed E-state index contributed by atoms with van der Waals surface area (Å²) < 4.78 is 0. The maximum atomic E-state index is 11.7. The zero-order valence-corrected chi connectivity index (χ0v) is 12.1. The maximum Gasteiger partial charge on any atom is 0.163 e. The van der Waals surface area contributed by atoms with Crippen molar-refractivity contribution < 1.29 is 4.79 Å². The van der Waals surface area contributed by atoms with Crippen molar-refractivity contribution >= 4 is 5.78 Å². The van der Waals surface area contributed by atoms with Crippen molar-refractivity contribution in [2.45, 2.75) is 39.0 Å². The second-order valence-electron chi connectivity index (χ2n) is 5.73. The van der Waals surface area contributed by atoms with Crippen molar-refractivity contribution in [3.8, 4) is 11.1 Å². The van der Waals surface area contributed by atoms with E-state index in [1.807, 2.05) is 6.07 Å². The molecule has 1 heteroatoms. The first-order chi connectivity index (χ1) is 9.69. The summed E-state index contributed by atoms with van der Waals surface area (Å²) in [4.78, 5) is 11.7. The Morgan fingerprint density at radius 1 is 1.00 bits per heavy atom. The number of ketones is 1. The van der Waals surface area contributed by atoms with Gasteiger partial charge in [-0.2, -0.15) is 0 Å². The van der Waals surface area contributed by atoms with Gasteiger partial charge in [0.05, 0.1) is 0 Å². The standard InChI is InChI=1S/C19H20O/c1-3-13(2)14-4-6-15(7-5-14)16-8-10-18-17(12-16)9-11-19(18)20/h4-8,10,12-13H,3,9,11H2,1-2H3. The first-order valence-corrected chi connectivity index (χ1v) is 7.45. The molecule has 1 nitrogen and oxygen atoms in total. The predicted octanol–water partition coefficient (Wildman–Crippen LogP) is 5.00. The molecule has 2 aromatic carbocycles. The molecule has 0 N–H and O–H groups in total. The van der Waals surface area contributed by atoms with E-state index in [4.69, 9.17) is 0 Å². The Labute approximate surface area is 120 Å². The molecule has 0 aliphatic heterocycles. The molecule has 0 heterocycles. The van der Waals surface area contributed by atoms with E-state index in [-0.39, 0.29) is 0 Å². The molecule has 0 saturated heterocycles. The molecular formula is C19H20O. The van der Waals surface area contributed by atoms with Crippen LogP contribution >= 0.6 is 0 Å². The summed E-state index contributed by atoms with van der Waals surface area (Å²) in [5, 5.41) is 0. The first-order valence-electron chi connectivity index (χ1n) is 7.45. The zero-order chi connectivity index (χ0) is 14.1. The average Bonchev–Trinajstić information content (AvgIpc) is 2.87. The van der Waals surface area contributed by atoms with Crippen molar-refractivity contribution in [2.75, 3.05) is 0 Å². The summed E-state index contributed by atoms with van der Waals surface area (Å²) in [7, 11) is 0. The van der Waals surface area contributed by atoms with E-state index in [1.54, 1.807) is 0 Å². The smallest absolute Gasteiger partial charge is 0.163 e. The topological polar surface area (TPSA) is 17.1 Å². The van der Waals surface area contributed by atoms with Crippen LogP contribution in [0.5, 0.6) is 0 Å². The lowest BCUT2D eigenvalue weighted by atomic mass is 9.95. The lowest BCUT2D eigenvalue weighted by Gasteiger charge is -2.10. The molecule has 0 fully saturated rings. The van der Waals surface area contributed by atoms with Crippen LogP contribution in [0.25, 0.3) is 11.1 Å². The largest absolute Gasteiger partial charge is 0.294 e. The second-order valence-corrected chi connectivity index (χ2v) is 5.73. The van der Waals surface area contributed by atoms with Gasteiger partial charge in [0.2, 0.25) is 0 Å². The zero-order valence-electron chi connectivity index (χ0n) is 12.1. The van der Waals surface area contributed by atoms with Gasteiger partial charge in [0.1, 0.15) is 0 Å². The van der Waals surface area contributed by atoms with Crippen molar-refractivity contribution in [3.63, 3.8) is 0 Å². The Balaban J connectivity index is 1.92. The average molecular weight is 264 g/mol. The fraction of sp³-hybridized carbons (Fsp3) is 0.316. The Kier molecular flexibility index (Phi) is 3.43. The minimum atomic E-state index is 0.290. The molecule has 0 radical (unpaired) electrons. The maximum absolute atomic E-state index is 11.7. The van der Waals surface area contributed by atoms with Gasteiger partial charge >= 0.3 is 0 Å². The molecule has 3 rings (SSSR count). The van der Waals surface area contributed by atoms with Gasteiger partial charge < -0.3 is 0 Å². The number of aryl methyl sites for hydroxylation is 1. The van der Waals surface area contributed by atoms with E-state index in [1.165, 1.54) is 28.7 Å². The summed E-state index contributed by atoms with van der Waals surface area (Å²) in [6.07, 6.45) is 2.74. The van der Waals surface area contributed by atoms with Gasteiger partial charge in [0, 0.05) is 12.0 Å². The molecule has 0 spiro atoms. The number of hydrogen-bond donors (Lipinski definition) is 0. The number of carbonyl (C=O) groups is 1. The Morgan fingerprint density at radius 2 is 1.70 bits per heavy atom. The molecule has 1 aliphatic carbocycles. The highest BCUT2D eigenvalue weighted by atomic mass is 16.1. The van der Waals surface area contributed by atoms with Crippen LogP contribution in [0, 0.1) is 0 Å². The van der Waals surface area contributed by atoms with Gasteiger partial charge in [-0.15, -0.1) is 0 Å². The van der Waals surface area contributed by atoms with E-state index >= 15 is 0 Å². The summed E-state index contributed by atoms with van der Waals surface area (Å²) in [6, 6.07) is 15.1. The number of fused-ring (bicyclic) bond motifs is 1. The van der Waals surface area contributed by atoms with Gasteiger partial charge in [0.15, 0.2) is 5.78 Å². The van der Waals surface area contributed by atoms with Crippen LogP contribution in [-0.2, 0) is 6.42 Å². The third-order valence-corrected chi connectivity index (χ3v) is 4.45. The normalized spacial score (nSPS) is 15.2. The van der Waals surface area contributed by atoms with Gasteiger partial charge in [-0.05, 0) is 41.0 Å². The van der Waals surface area contributed by atoms with Gasteiger partial charge in [-0.3, -0.25) is 4.79 Å². The molecule has 2 aromatic rings.